The Morgan fingerprint density at radius 1 is 0.500 bits per heavy atom. The third kappa shape index (κ3) is 13.0. The van der Waals surface area contributed by atoms with Gasteiger partial charge in [-0.05, 0) is 23.0 Å². The predicted octanol–water partition coefficient (Wildman–Crippen LogP) is 4.43. The zero-order valence-corrected chi connectivity index (χ0v) is 16.9. The van der Waals surface area contributed by atoms with Crippen molar-refractivity contribution in [1.82, 2.24) is 9.80 Å². The van der Waals surface area contributed by atoms with Gasteiger partial charge >= 0.3 is 0 Å². The van der Waals surface area contributed by atoms with E-state index in [1.807, 2.05) is 47.0 Å². The molecule has 122 valence electrons. The first kappa shape index (κ1) is 21.3. The van der Waals surface area contributed by atoms with Crippen molar-refractivity contribution in [2.24, 2.45) is 0 Å². The molecule has 0 unspecified atom stereocenters. The van der Waals surface area contributed by atoms with Crippen molar-refractivity contribution < 1.29 is 0 Å². The van der Waals surface area contributed by atoms with E-state index in [0.717, 1.165) is 0 Å². The van der Waals surface area contributed by atoms with Gasteiger partial charge in [0.1, 0.15) is 0 Å². The highest BCUT2D eigenvalue weighted by atomic mass is 32.2. The highest BCUT2D eigenvalue weighted by Crippen LogP contribution is 2.12. The first-order valence-electron chi connectivity index (χ1n) is 7.54. The van der Waals surface area contributed by atoms with Crippen molar-refractivity contribution in [1.29, 1.82) is 0 Å². The monoisotopic (exact) mass is 356 g/mol. The summed E-state index contributed by atoms with van der Waals surface area (Å²) in [6, 6.07) is 0. The molecule has 20 heavy (non-hydrogen) atoms. The lowest BCUT2D eigenvalue weighted by atomic mass is 10.5. The van der Waals surface area contributed by atoms with Gasteiger partial charge in [-0.2, -0.15) is 0 Å². The van der Waals surface area contributed by atoms with Crippen LogP contribution in [-0.2, 0) is 0 Å². The van der Waals surface area contributed by atoms with Crippen molar-refractivity contribution in [2.45, 2.75) is 27.7 Å². The van der Waals surface area contributed by atoms with Crippen LogP contribution in [-0.4, -0.2) is 69.4 Å². The minimum Gasteiger partial charge on any atom is -0.284 e. The Labute approximate surface area is 143 Å². The minimum atomic E-state index is 1.18. The number of rotatable bonds is 15. The van der Waals surface area contributed by atoms with Gasteiger partial charge in [0.05, 0.1) is 0 Å². The van der Waals surface area contributed by atoms with Crippen LogP contribution < -0.4 is 0 Å². The fourth-order valence-corrected chi connectivity index (χ4v) is 4.37. The minimum absolute atomic E-state index is 1.18. The lowest BCUT2D eigenvalue weighted by molar-refractivity contribution is 0.292. The van der Waals surface area contributed by atoms with E-state index in [4.69, 9.17) is 0 Å². The van der Waals surface area contributed by atoms with Gasteiger partial charge in [0, 0.05) is 36.6 Å². The van der Waals surface area contributed by atoms with Gasteiger partial charge in [-0.15, -0.1) is 47.0 Å². The van der Waals surface area contributed by atoms with Crippen LogP contribution in [0.1, 0.15) is 27.7 Å². The number of nitrogens with zero attached hydrogens (tertiary/aromatic N) is 2. The average Bonchev–Trinajstić information content (AvgIpc) is 2.48. The standard InChI is InChI=1S/C14H32N2S4/c1-5-17-11-15(12-18-6-2)9-10-16(13-19-7-3)14-20-8-4/h5-14H2,1-4H3. The van der Waals surface area contributed by atoms with Gasteiger partial charge in [0.25, 0.3) is 0 Å². The normalized spacial score (nSPS) is 11.7. The summed E-state index contributed by atoms with van der Waals surface area (Å²) >= 11 is 8.15. The highest BCUT2D eigenvalue weighted by molar-refractivity contribution is 8.00. The van der Waals surface area contributed by atoms with Crippen molar-refractivity contribution >= 4 is 47.0 Å². The SMILES string of the molecule is CCSCN(CCN(CSCC)CSCC)CSCC. The summed E-state index contributed by atoms with van der Waals surface area (Å²) in [4.78, 5) is 5.20. The molecular weight excluding hydrogens is 324 g/mol. The molecule has 0 aliphatic rings. The van der Waals surface area contributed by atoms with Crippen LogP contribution in [0.25, 0.3) is 0 Å². The molecule has 0 aliphatic carbocycles. The summed E-state index contributed by atoms with van der Waals surface area (Å²) in [5.41, 5.74) is 0. The quantitative estimate of drug-likeness (QED) is 0.398. The average molecular weight is 357 g/mol. The van der Waals surface area contributed by atoms with Gasteiger partial charge in [0.2, 0.25) is 0 Å². The molecule has 0 heterocycles. The smallest absolute Gasteiger partial charge is 0.0452 e. The molecule has 0 bridgehead atoms. The molecule has 0 spiro atoms. The lowest BCUT2D eigenvalue weighted by Crippen LogP contribution is -2.35. The summed E-state index contributed by atoms with van der Waals surface area (Å²) in [6.45, 7) is 11.4. The third-order valence-corrected chi connectivity index (χ3v) is 6.47. The Morgan fingerprint density at radius 3 is 0.950 bits per heavy atom. The Morgan fingerprint density at radius 2 is 0.750 bits per heavy atom. The largest absolute Gasteiger partial charge is 0.284 e. The molecule has 0 fully saturated rings. The summed E-state index contributed by atoms with van der Waals surface area (Å²) in [5.74, 6) is 9.59. The van der Waals surface area contributed by atoms with Crippen LogP contribution in [0.5, 0.6) is 0 Å². The zero-order valence-electron chi connectivity index (χ0n) is 13.6. The maximum atomic E-state index is 2.60. The fraction of sp³-hybridized carbons (Fsp3) is 1.00. The first-order valence-corrected chi connectivity index (χ1v) is 12.2. The Bertz CT molecular complexity index is 160. The first-order chi connectivity index (χ1) is 9.78. The maximum Gasteiger partial charge on any atom is 0.0452 e. The summed E-state index contributed by atoms with van der Waals surface area (Å²) in [5, 5.41) is 0. The molecule has 0 saturated heterocycles. The van der Waals surface area contributed by atoms with Crippen LogP contribution in [0, 0.1) is 0 Å². The van der Waals surface area contributed by atoms with Crippen LogP contribution in [0.3, 0.4) is 0 Å². The van der Waals surface area contributed by atoms with Crippen LogP contribution in [0.15, 0.2) is 0 Å². The lowest BCUT2D eigenvalue weighted by Gasteiger charge is -2.26. The van der Waals surface area contributed by atoms with Gasteiger partial charge in [-0.3, -0.25) is 9.80 Å². The molecule has 2 nitrogen and oxygen atoms in total. The summed E-state index contributed by atoms with van der Waals surface area (Å²) < 4.78 is 0. The van der Waals surface area contributed by atoms with Crippen LogP contribution in [0.4, 0.5) is 0 Å². The molecule has 0 aliphatic heterocycles. The van der Waals surface area contributed by atoms with Gasteiger partial charge in [-0.25, -0.2) is 0 Å². The Balaban J connectivity index is 4.05. The van der Waals surface area contributed by atoms with Crippen LogP contribution >= 0.6 is 47.0 Å². The second kappa shape index (κ2) is 16.7. The van der Waals surface area contributed by atoms with Crippen molar-refractivity contribution in [3.8, 4) is 0 Å². The van der Waals surface area contributed by atoms with Gasteiger partial charge in [0.15, 0.2) is 0 Å². The fourth-order valence-electron chi connectivity index (χ4n) is 1.50. The third-order valence-electron chi connectivity index (χ3n) is 2.64. The van der Waals surface area contributed by atoms with Crippen molar-refractivity contribution in [3.63, 3.8) is 0 Å². The molecule has 0 saturated carbocycles. The maximum absolute atomic E-state index is 2.60. The number of hydrogen-bond donors (Lipinski definition) is 0. The van der Waals surface area contributed by atoms with E-state index < -0.39 is 0 Å². The van der Waals surface area contributed by atoms with Crippen LogP contribution in [0.2, 0.25) is 0 Å². The molecule has 0 rings (SSSR count). The number of thioether (sulfide) groups is 4. The summed E-state index contributed by atoms with van der Waals surface area (Å²) in [7, 11) is 0. The van der Waals surface area contributed by atoms with E-state index in [1.54, 1.807) is 0 Å². The highest BCUT2D eigenvalue weighted by Gasteiger charge is 2.09. The van der Waals surface area contributed by atoms with Crippen molar-refractivity contribution in [2.75, 3.05) is 59.6 Å². The molecule has 0 amide bonds. The molecule has 0 aromatic carbocycles. The molecular formula is C14H32N2S4. The molecule has 0 N–H and O–H groups in total. The molecule has 0 aromatic rings. The summed E-state index contributed by atoms with van der Waals surface area (Å²) in [6.07, 6.45) is 0. The zero-order chi connectivity index (χ0) is 15.1. The predicted molar refractivity (Wildman–Crippen MR) is 105 cm³/mol. The molecule has 0 atom stereocenters. The molecule has 6 heteroatoms. The van der Waals surface area contributed by atoms with E-state index in [1.165, 1.54) is 59.6 Å². The van der Waals surface area contributed by atoms with Gasteiger partial charge < -0.3 is 0 Å². The molecule has 0 radical (unpaired) electrons. The molecule has 0 aromatic heterocycles. The van der Waals surface area contributed by atoms with E-state index in [-0.39, 0.29) is 0 Å². The second-order valence-corrected chi connectivity index (χ2v) is 9.25. The van der Waals surface area contributed by atoms with E-state index in [2.05, 4.69) is 37.5 Å². The van der Waals surface area contributed by atoms with E-state index in [9.17, 15) is 0 Å². The van der Waals surface area contributed by atoms with Crippen molar-refractivity contribution in [3.05, 3.63) is 0 Å². The van der Waals surface area contributed by atoms with Gasteiger partial charge in [-0.1, -0.05) is 27.7 Å². The number of hydrogen-bond acceptors (Lipinski definition) is 6. The topological polar surface area (TPSA) is 6.48 Å². The van der Waals surface area contributed by atoms with E-state index >= 15 is 0 Å². The second-order valence-electron chi connectivity index (χ2n) is 4.28. The Hall–Kier alpha value is 1.32. The van der Waals surface area contributed by atoms with E-state index in [0.29, 0.717) is 0 Å². The Kier molecular flexibility index (Phi) is 17.8.